The fourth-order valence-electron chi connectivity index (χ4n) is 3.48. The van der Waals surface area contributed by atoms with Gasteiger partial charge in [-0.3, -0.25) is 9.79 Å². The van der Waals surface area contributed by atoms with E-state index in [9.17, 15) is 26.4 Å². The predicted molar refractivity (Wildman–Crippen MR) is 121 cm³/mol. The Bertz CT molecular complexity index is 1190. The molecule has 4 rings (SSSR count). The van der Waals surface area contributed by atoms with Gasteiger partial charge in [0.15, 0.2) is 15.0 Å². The van der Waals surface area contributed by atoms with Gasteiger partial charge in [-0.15, -0.1) is 0 Å². The number of benzene rings is 2. The number of rotatable bonds is 6. The third-order valence-corrected chi connectivity index (χ3v) is 8.15. The van der Waals surface area contributed by atoms with E-state index in [1.807, 2.05) is 0 Å². The van der Waals surface area contributed by atoms with Crippen LogP contribution in [0.15, 0.2) is 53.5 Å². The Hall–Kier alpha value is -2.73. The molecule has 0 spiro atoms. The van der Waals surface area contributed by atoms with E-state index in [2.05, 4.69) is 15.6 Å². The molecule has 1 fully saturated rings. The van der Waals surface area contributed by atoms with Crippen molar-refractivity contribution in [1.29, 1.82) is 0 Å². The molecule has 12 heteroatoms. The molecule has 0 aliphatic carbocycles. The molecule has 2 aliphatic heterocycles. The minimum absolute atomic E-state index is 0.00409. The maximum Gasteiger partial charge on any atom is 0.416 e. The summed E-state index contributed by atoms with van der Waals surface area (Å²) in [7, 11) is -3.03. The number of carbonyl (C=O) groups is 1. The monoisotopic (exact) mass is 499 g/mol. The van der Waals surface area contributed by atoms with Crippen LogP contribution in [-0.4, -0.2) is 55.4 Å². The second-order valence-corrected chi connectivity index (χ2v) is 11.0. The number of amidine groups is 1. The predicted octanol–water partition coefficient (Wildman–Crippen LogP) is 3.19. The molecule has 2 heterocycles. The summed E-state index contributed by atoms with van der Waals surface area (Å²) in [5.74, 6) is -0.129. The number of hydrogen-bond acceptors (Lipinski definition) is 7. The molecular weight excluding hydrogens is 479 g/mol. The van der Waals surface area contributed by atoms with Gasteiger partial charge in [0.2, 0.25) is 0 Å². The van der Waals surface area contributed by atoms with E-state index in [0.29, 0.717) is 16.4 Å². The Morgan fingerprint density at radius 2 is 1.94 bits per heavy atom. The second kappa shape index (κ2) is 9.26. The summed E-state index contributed by atoms with van der Waals surface area (Å²) in [5, 5.41) is 6.32. The molecule has 0 radical (unpaired) electrons. The van der Waals surface area contributed by atoms with Crippen LogP contribution >= 0.6 is 11.8 Å². The highest BCUT2D eigenvalue weighted by Crippen LogP contribution is 2.34. The van der Waals surface area contributed by atoms with Crippen molar-refractivity contribution in [2.45, 2.75) is 17.5 Å². The third-order valence-electron chi connectivity index (χ3n) is 5.01. The van der Waals surface area contributed by atoms with Crippen LogP contribution in [-0.2, 0) is 16.0 Å². The van der Waals surface area contributed by atoms with Crippen molar-refractivity contribution in [3.05, 3.63) is 59.7 Å². The van der Waals surface area contributed by atoms with Gasteiger partial charge in [-0.2, -0.15) is 13.2 Å². The van der Waals surface area contributed by atoms with Crippen LogP contribution in [0.3, 0.4) is 0 Å². The summed E-state index contributed by atoms with van der Waals surface area (Å²) in [6.45, 7) is 0.108. The molecule has 2 aliphatic rings. The molecular formula is C21H20F3N3O4S2. The van der Waals surface area contributed by atoms with Crippen molar-refractivity contribution < 1.29 is 31.1 Å². The molecule has 0 saturated carbocycles. The summed E-state index contributed by atoms with van der Waals surface area (Å²) in [6, 6.07) is 11.0. The van der Waals surface area contributed by atoms with Crippen molar-refractivity contribution in [2.75, 3.05) is 30.0 Å². The summed E-state index contributed by atoms with van der Waals surface area (Å²) in [4.78, 5) is 16.8. The minimum atomic E-state index is -4.45. The van der Waals surface area contributed by atoms with Crippen LogP contribution in [0.4, 0.5) is 18.9 Å². The number of ether oxygens (including phenoxy) is 1. The SMILES string of the molecule is O=C(NCCOc1cccc(C(F)(F)F)c1)c1cccc(NC2=N[C@@H]3CS(=O)(=O)C[C@@H]3S2)c1. The number of hydrogen-bond donors (Lipinski definition) is 2. The largest absolute Gasteiger partial charge is 0.492 e. The first-order valence-corrected chi connectivity index (χ1v) is 12.7. The first-order chi connectivity index (χ1) is 15.6. The Labute approximate surface area is 192 Å². The average molecular weight is 500 g/mol. The lowest BCUT2D eigenvalue weighted by molar-refractivity contribution is -0.137. The number of sulfone groups is 1. The first kappa shape index (κ1) is 23.4. The average Bonchev–Trinajstić information content (AvgIpc) is 3.23. The standard InChI is InChI=1S/C21H20F3N3O4S2/c22-21(23,24)14-4-2-6-16(10-14)31-8-7-25-19(28)13-3-1-5-15(9-13)26-20-27-17-11-33(29,30)12-18(17)32-20/h1-6,9-10,17-18H,7-8,11-12H2,(H,25,28)(H,26,27)/t17-,18+/m1/s1. The van der Waals surface area contributed by atoms with E-state index in [4.69, 9.17) is 4.74 Å². The first-order valence-electron chi connectivity index (χ1n) is 9.99. The van der Waals surface area contributed by atoms with Crippen molar-refractivity contribution in [1.82, 2.24) is 5.32 Å². The zero-order valence-corrected chi connectivity index (χ0v) is 18.8. The molecule has 33 heavy (non-hydrogen) atoms. The molecule has 1 saturated heterocycles. The molecule has 1 amide bonds. The molecule has 0 bridgehead atoms. The molecule has 2 atom stereocenters. The number of nitrogens with zero attached hydrogens (tertiary/aromatic N) is 1. The summed E-state index contributed by atoms with van der Waals surface area (Å²) in [5.41, 5.74) is 0.214. The van der Waals surface area contributed by atoms with Gasteiger partial charge >= 0.3 is 6.18 Å². The smallest absolute Gasteiger partial charge is 0.416 e. The van der Waals surface area contributed by atoms with Crippen molar-refractivity contribution in [2.24, 2.45) is 4.99 Å². The number of nitrogens with one attached hydrogen (secondary N) is 2. The van der Waals surface area contributed by atoms with Crippen LogP contribution in [0.2, 0.25) is 0 Å². The Morgan fingerprint density at radius 3 is 2.70 bits per heavy atom. The Balaban J connectivity index is 1.27. The van der Waals surface area contributed by atoms with Crippen LogP contribution in [0.25, 0.3) is 0 Å². The van der Waals surface area contributed by atoms with E-state index in [-0.39, 0.29) is 47.6 Å². The van der Waals surface area contributed by atoms with Crippen molar-refractivity contribution in [3.63, 3.8) is 0 Å². The number of fused-ring (bicyclic) bond motifs is 1. The quantitative estimate of drug-likeness (QED) is 0.593. The lowest BCUT2D eigenvalue weighted by Gasteiger charge is -2.11. The van der Waals surface area contributed by atoms with Crippen LogP contribution < -0.4 is 15.4 Å². The molecule has 0 aromatic heterocycles. The van der Waals surface area contributed by atoms with Crippen LogP contribution in [0.5, 0.6) is 5.75 Å². The van der Waals surface area contributed by atoms with Gasteiger partial charge in [0, 0.05) is 16.5 Å². The number of thioether (sulfide) groups is 1. The highest BCUT2D eigenvalue weighted by Gasteiger charge is 2.42. The molecule has 176 valence electrons. The van der Waals surface area contributed by atoms with E-state index < -0.39 is 21.6 Å². The zero-order valence-electron chi connectivity index (χ0n) is 17.1. The molecule has 2 aromatic carbocycles. The van der Waals surface area contributed by atoms with Crippen LogP contribution in [0.1, 0.15) is 15.9 Å². The number of carbonyl (C=O) groups excluding carboxylic acids is 1. The van der Waals surface area contributed by atoms with Gasteiger partial charge in [0.05, 0.1) is 29.7 Å². The number of halogens is 3. The van der Waals surface area contributed by atoms with Crippen molar-refractivity contribution in [3.8, 4) is 5.75 Å². The van der Waals surface area contributed by atoms with Gasteiger partial charge < -0.3 is 15.4 Å². The van der Waals surface area contributed by atoms with Gasteiger partial charge in [-0.25, -0.2) is 8.42 Å². The van der Waals surface area contributed by atoms with E-state index in [1.165, 1.54) is 23.9 Å². The maximum atomic E-state index is 12.7. The maximum absolute atomic E-state index is 12.7. The molecule has 7 nitrogen and oxygen atoms in total. The zero-order chi connectivity index (χ0) is 23.6. The normalized spacial score (nSPS) is 21.2. The number of amides is 1. The van der Waals surface area contributed by atoms with Gasteiger partial charge in [0.1, 0.15) is 12.4 Å². The minimum Gasteiger partial charge on any atom is -0.492 e. The summed E-state index contributed by atoms with van der Waals surface area (Å²) in [6.07, 6.45) is -4.45. The summed E-state index contributed by atoms with van der Waals surface area (Å²) >= 11 is 1.38. The Morgan fingerprint density at radius 1 is 1.15 bits per heavy atom. The molecule has 0 unspecified atom stereocenters. The topological polar surface area (TPSA) is 96.9 Å². The van der Waals surface area contributed by atoms with Gasteiger partial charge in [-0.05, 0) is 36.4 Å². The number of aliphatic imine (C=N–C) groups is 1. The lowest BCUT2D eigenvalue weighted by atomic mass is 10.2. The van der Waals surface area contributed by atoms with E-state index >= 15 is 0 Å². The number of alkyl halides is 3. The number of anilines is 1. The molecule has 2 aromatic rings. The van der Waals surface area contributed by atoms with Gasteiger partial charge in [-0.1, -0.05) is 23.9 Å². The van der Waals surface area contributed by atoms with Gasteiger partial charge in [0.25, 0.3) is 5.91 Å². The lowest BCUT2D eigenvalue weighted by Crippen LogP contribution is -2.28. The molecule has 2 N–H and O–H groups in total. The Kier molecular flexibility index (Phi) is 6.57. The third kappa shape index (κ3) is 5.99. The summed E-state index contributed by atoms with van der Waals surface area (Å²) < 4.78 is 66.9. The van der Waals surface area contributed by atoms with E-state index in [0.717, 1.165) is 12.1 Å². The van der Waals surface area contributed by atoms with Crippen LogP contribution in [0, 0.1) is 0 Å². The second-order valence-electron chi connectivity index (χ2n) is 7.57. The fraction of sp³-hybridized carbons (Fsp3) is 0.333. The highest BCUT2D eigenvalue weighted by molar-refractivity contribution is 8.15. The fourth-order valence-corrected chi connectivity index (χ4v) is 7.15. The highest BCUT2D eigenvalue weighted by atomic mass is 32.2. The van der Waals surface area contributed by atoms with Crippen molar-refractivity contribution >= 4 is 38.4 Å². The van der Waals surface area contributed by atoms with E-state index in [1.54, 1.807) is 24.3 Å².